The number of nitrogens with one attached hydrogen (secondary N) is 1. The van der Waals surface area contributed by atoms with Crippen LogP contribution in [-0.2, 0) is 14.3 Å². The van der Waals surface area contributed by atoms with Gasteiger partial charge < -0.3 is 20.3 Å². The maximum atomic E-state index is 12.5. The molecule has 6 nitrogen and oxygen atoms in total. The lowest BCUT2D eigenvalue weighted by Gasteiger charge is -2.20. The molecule has 6 heteroatoms. The Labute approximate surface area is 527 Å². The number of hydrogen-bond acceptors (Lipinski definition) is 5. The van der Waals surface area contributed by atoms with E-state index in [0.717, 1.165) is 38.5 Å². The third-order valence-corrected chi connectivity index (χ3v) is 18.6. The Hall–Kier alpha value is -1.40. The largest absolute Gasteiger partial charge is 0.466 e. The number of hydrogen-bond donors (Lipinski definition) is 3. The lowest BCUT2D eigenvalue weighted by molar-refractivity contribution is -0.143. The van der Waals surface area contributed by atoms with Crippen molar-refractivity contribution in [2.24, 2.45) is 0 Å². The highest BCUT2D eigenvalue weighted by Gasteiger charge is 2.18. The molecule has 0 aromatic carbocycles. The van der Waals surface area contributed by atoms with Gasteiger partial charge in [0.2, 0.25) is 5.91 Å². The second-order valence-corrected chi connectivity index (χ2v) is 27.1. The number of aliphatic hydroxyl groups is 2. The molecule has 0 saturated carbocycles. The van der Waals surface area contributed by atoms with Gasteiger partial charge in [0.15, 0.2) is 0 Å². The van der Waals surface area contributed by atoms with Crippen LogP contribution in [0.25, 0.3) is 0 Å². The van der Waals surface area contributed by atoms with Gasteiger partial charge >= 0.3 is 5.97 Å². The molecule has 0 fully saturated rings. The topological polar surface area (TPSA) is 95.9 Å². The first-order valence-corrected chi connectivity index (χ1v) is 39.0. The number of amides is 1. The van der Waals surface area contributed by atoms with E-state index >= 15 is 0 Å². The molecule has 0 bridgehead atoms. The molecule has 0 rings (SSSR count). The van der Waals surface area contributed by atoms with Gasteiger partial charge in [-0.05, 0) is 32.1 Å². The van der Waals surface area contributed by atoms with Crippen LogP contribution in [0.2, 0.25) is 0 Å². The van der Waals surface area contributed by atoms with E-state index in [0.29, 0.717) is 19.4 Å². The van der Waals surface area contributed by atoms with Crippen LogP contribution >= 0.6 is 0 Å². The molecule has 0 aliphatic heterocycles. The van der Waals surface area contributed by atoms with Crippen LogP contribution in [0.1, 0.15) is 450 Å². The third-order valence-electron chi connectivity index (χ3n) is 18.6. The fraction of sp³-hybridized carbons (Fsp3) is 0.949. The summed E-state index contributed by atoms with van der Waals surface area (Å²) in [5, 5.41) is 23.1. The van der Waals surface area contributed by atoms with Gasteiger partial charge in [0, 0.05) is 12.8 Å². The first-order valence-electron chi connectivity index (χ1n) is 39.0. The summed E-state index contributed by atoms with van der Waals surface area (Å²) in [6, 6.07) is -0.621. The molecule has 0 aromatic rings. The van der Waals surface area contributed by atoms with Crippen molar-refractivity contribution in [3.05, 3.63) is 12.2 Å². The minimum Gasteiger partial charge on any atom is -0.466 e. The van der Waals surface area contributed by atoms with E-state index in [4.69, 9.17) is 4.74 Å². The molecule has 0 aliphatic rings. The number of rotatable bonds is 74. The molecule has 0 saturated heterocycles. The first-order chi connectivity index (χ1) is 41.5. The zero-order valence-electron chi connectivity index (χ0n) is 57.4. The van der Waals surface area contributed by atoms with Gasteiger partial charge in [0.1, 0.15) is 0 Å². The molecule has 0 spiro atoms. The highest BCUT2D eigenvalue weighted by Crippen LogP contribution is 2.20. The minimum absolute atomic E-state index is 0.0284. The Morgan fingerprint density at radius 3 is 0.810 bits per heavy atom. The van der Waals surface area contributed by atoms with Crippen molar-refractivity contribution in [3.8, 4) is 0 Å². The van der Waals surface area contributed by atoms with Crippen LogP contribution in [0.5, 0.6) is 0 Å². The molecule has 0 radical (unpaired) electrons. The minimum atomic E-state index is -0.838. The summed E-state index contributed by atoms with van der Waals surface area (Å²) in [6.07, 6.45) is 93.5. The predicted molar refractivity (Wildman–Crippen MR) is 370 cm³/mol. The molecular weight excluding hydrogens is 1030 g/mol. The first kappa shape index (κ1) is 82.6. The lowest BCUT2D eigenvalue weighted by Crippen LogP contribution is -2.45. The maximum Gasteiger partial charge on any atom is 0.305 e. The van der Waals surface area contributed by atoms with Crippen LogP contribution in [0.15, 0.2) is 12.2 Å². The van der Waals surface area contributed by atoms with E-state index in [-0.39, 0.29) is 18.5 Å². The van der Waals surface area contributed by atoms with Gasteiger partial charge in [-0.1, -0.05) is 418 Å². The smallest absolute Gasteiger partial charge is 0.305 e. The molecule has 2 unspecified atom stereocenters. The molecule has 3 N–H and O–H groups in total. The molecular formula is C78H153NO5. The number of ether oxygens (including phenoxy) is 1. The number of unbranched alkanes of at least 4 members (excludes halogenated alkanes) is 63. The van der Waals surface area contributed by atoms with E-state index in [9.17, 15) is 19.8 Å². The Kier molecular flexibility index (Phi) is 72.8. The molecule has 500 valence electrons. The standard InChI is InChI=1S/C78H153NO5/c1-3-5-7-9-11-13-15-17-18-45-48-52-56-60-64-68-72-78(83)84-73-69-65-61-57-53-49-46-43-41-39-37-35-33-31-29-27-25-23-21-19-20-22-24-26-28-30-32-34-36-38-40-42-44-47-51-55-59-63-67-71-77(82)79-75(74-80)76(81)70-66-62-58-54-50-16-14-12-10-8-6-4-2/h66,70,75-76,80-81H,3-65,67-69,71-74H2,1-2H3,(H,79,82)/b70-66+. The van der Waals surface area contributed by atoms with E-state index in [1.165, 1.54) is 385 Å². The highest BCUT2D eigenvalue weighted by atomic mass is 16.5. The number of allylic oxidation sites excluding steroid dienone is 1. The van der Waals surface area contributed by atoms with Gasteiger partial charge in [-0.15, -0.1) is 0 Å². The molecule has 0 aliphatic carbocycles. The molecule has 0 heterocycles. The van der Waals surface area contributed by atoms with Crippen molar-refractivity contribution in [1.29, 1.82) is 0 Å². The van der Waals surface area contributed by atoms with Crippen molar-refractivity contribution in [1.82, 2.24) is 5.32 Å². The van der Waals surface area contributed by atoms with Crippen molar-refractivity contribution >= 4 is 11.9 Å². The van der Waals surface area contributed by atoms with Crippen LogP contribution in [-0.4, -0.2) is 47.4 Å². The Balaban J connectivity index is 3.27. The number of aliphatic hydroxyl groups excluding tert-OH is 2. The fourth-order valence-electron chi connectivity index (χ4n) is 12.6. The maximum absolute atomic E-state index is 12.5. The van der Waals surface area contributed by atoms with E-state index in [1.54, 1.807) is 6.08 Å². The number of carbonyl (C=O) groups excluding carboxylic acids is 2. The predicted octanol–water partition coefficient (Wildman–Crippen LogP) is 25.5. The van der Waals surface area contributed by atoms with Gasteiger partial charge in [-0.25, -0.2) is 0 Å². The highest BCUT2D eigenvalue weighted by molar-refractivity contribution is 5.76. The average Bonchev–Trinajstić information content (AvgIpc) is 3.51. The van der Waals surface area contributed by atoms with Crippen molar-refractivity contribution in [2.75, 3.05) is 13.2 Å². The Bertz CT molecular complexity index is 1270. The van der Waals surface area contributed by atoms with Crippen LogP contribution in [0.4, 0.5) is 0 Å². The summed E-state index contributed by atoms with van der Waals surface area (Å²) >= 11 is 0. The second kappa shape index (κ2) is 74.1. The summed E-state index contributed by atoms with van der Waals surface area (Å²) in [5.41, 5.74) is 0. The van der Waals surface area contributed by atoms with Gasteiger partial charge in [-0.3, -0.25) is 9.59 Å². The van der Waals surface area contributed by atoms with Gasteiger partial charge in [-0.2, -0.15) is 0 Å². The van der Waals surface area contributed by atoms with Crippen LogP contribution in [0, 0.1) is 0 Å². The quantitative estimate of drug-likeness (QED) is 0.0320. The Morgan fingerprint density at radius 2 is 0.548 bits per heavy atom. The summed E-state index contributed by atoms with van der Waals surface area (Å²) in [7, 11) is 0. The zero-order chi connectivity index (χ0) is 60.6. The van der Waals surface area contributed by atoms with Gasteiger partial charge in [0.25, 0.3) is 0 Å². The summed E-state index contributed by atoms with van der Waals surface area (Å²) in [4.78, 5) is 24.6. The summed E-state index contributed by atoms with van der Waals surface area (Å²) in [6.45, 7) is 4.94. The summed E-state index contributed by atoms with van der Waals surface area (Å²) < 4.78 is 5.51. The molecule has 84 heavy (non-hydrogen) atoms. The normalized spacial score (nSPS) is 12.5. The third kappa shape index (κ3) is 69.7. The fourth-order valence-corrected chi connectivity index (χ4v) is 12.6. The monoisotopic (exact) mass is 1180 g/mol. The molecule has 1 amide bonds. The van der Waals surface area contributed by atoms with E-state index in [2.05, 4.69) is 19.2 Å². The molecule has 0 aromatic heterocycles. The van der Waals surface area contributed by atoms with E-state index in [1.807, 2.05) is 6.08 Å². The SMILES string of the molecule is CCCCCCCCCCCC/C=C/C(O)C(CO)NC(=O)CCCCCCCCCCCCCCCCCCCCCCCCCCCCCCCCCCCCCCCCCOC(=O)CCCCCCCCCCCCCCCCCC. The summed E-state index contributed by atoms with van der Waals surface area (Å²) in [5.74, 6) is -0.0317. The second-order valence-electron chi connectivity index (χ2n) is 27.1. The average molecular weight is 1190 g/mol. The zero-order valence-corrected chi connectivity index (χ0v) is 57.4. The Morgan fingerprint density at radius 1 is 0.321 bits per heavy atom. The number of esters is 1. The van der Waals surface area contributed by atoms with Crippen molar-refractivity contribution in [3.63, 3.8) is 0 Å². The van der Waals surface area contributed by atoms with Gasteiger partial charge in [0.05, 0.1) is 25.4 Å². The van der Waals surface area contributed by atoms with Crippen LogP contribution in [0.3, 0.4) is 0 Å². The lowest BCUT2D eigenvalue weighted by atomic mass is 10.0. The number of carbonyl (C=O) groups is 2. The van der Waals surface area contributed by atoms with E-state index < -0.39 is 12.1 Å². The van der Waals surface area contributed by atoms with Crippen LogP contribution < -0.4 is 5.32 Å². The van der Waals surface area contributed by atoms with Crippen molar-refractivity contribution in [2.45, 2.75) is 463 Å². The van der Waals surface area contributed by atoms with Crippen molar-refractivity contribution < 1.29 is 24.5 Å². The molecule has 2 atom stereocenters.